The second kappa shape index (κ2) is 6.21. The van der Waals surface area contributed by atoms with Crippen LogP contribution >= 0.6 is 12.2 Å². The first-order valence-electron chi connectivity index (χ1n) is 6.42. The van der Waals surface area contributed by atoms with Gasteiger partial charge in [0.15, 0.2) is 0 Å². The van der Waals surface area contributed by atoms with Crippen LogP contribution in [-0.4, -0.2) is 38.4 Å². The standard InChI is InChI=1S/C14H20N2O2S/c1-16(9-11-4-3-7-18-11)13-8-10(17-2)5-6-12(13)14(15)19/h5-6,8,11H,3-4,7,9H2,1-2H3,(H2,15,19). The molecule has 1 unspecified atom stereocenters. The van der Waals surface area contributed by atoms with Crippen molar-refractivity contribution in [2.45, 2.75) is 18.9 Å². The lowest BCUT2D eigenvalue weighted by molar-refractivity contribution is 0.116. The van der Waals surface area contributed by atoms with E-state index >= 15 is 0 Å². The molecule has 104 valence electrons. The van der Waals surface area contributed by atoms with Crippen LogP contribution in [0.2, 0.25) is 0 Å². The van der Waals surface area contributed by atoms with Crippen LogP contribution in [0.4, 0.5) is 5.69 Å². The first-order chi connectivity index (χ1) is 9.11. The summed E-state index contributed by atoms with van der Waals surface area (Å²) in [5.74, 6) is 0.800. The lowest BCUT2D eigenvalue weighted by Gasteiger charge is -2.25. The molecule has 1 atom stereocenters. The van der Waals surface area contributed by atoms with E-state index in [0.717, 1.165) is 43.0 Å². The van der Waals surface area contributed by atoms with Crippen LogP contribution in [0.3, 0.4) is 0 Å². The van der Waals surface area contributed by atoms with Crippen molar-refractivity contribution in [2.24, 2.45) is 5.73 Å². The van der Waals surface area contributed by atoms with Gasteiger partial charge in [0.25, 0.3) is 0 Å². The summed E-state index contributed by atoms with van der Waals surface area (Å²) in [5.41, 5.74) is 7.64. The largest absolute Gasteiger partial charge is 0.497 e. The first kappa shape index (κ1) is 14.1. The Labute approximate surface area is 119 Å². The Balaban J connectivity index is 2.21. The van der Waals surface area contributed by atoms with Crippen LogP contribution in [0.1, 0.15) is 18.4 Å². The third-order valence-electron chi connectivity index (χ3n) is 3.38. The normalized spacial score (nSPS) is 18.3. The molecule has 0 bridgehead atoms. The van der Waals surface area contributed by atoms with Crippen molar-refractivity contribution in [2.75, 3.05) is 32.2 Å². The van der Waals surface area contributed by atoms with Gasteiger partial charge in [-0.2, -0.15) is 0 Å². The average molecular weight is 280 g/mol. The van der Waals surface area contributed by atoms with Gasteiger partial charge in [-0.15, -0.1) is 0 Å². The van der Waals surface area contributed by atoms with Crippen molar-refractivity contribution in [3.8, 4) is 5.75 Å². The van der Waals surface area contributed by atoms with E-state index in [4.69, 9.17) is 27.4 Å². The molecule has 0 aromatic heterocycles. The molecule has 1 saturated heterocycles. The highest BCUT2D eigenvalue weighted by Gasteiger charge is 2.19. The highest BCUT2D eigenvalue weighted by Crippen LogP contribution is 2.26. The number of nitrogens with two attached hydrogens (primary N) is 1. The van der Waals surface area contributed by atoms with E-state index in [-0.39, 0.29) is 6.10 Å². The fourth-order valence-electron chi connectivity index (χ4n) is 2.35. The Morgan fingerprint density at radius 2 is 2.37 bits per heavy atom. The van der Waals surface area contributed by atoms with E-state index in [9.17, 15) is 0 Å². The molecule has 0 amide bonds. The number of methoxy groups -OCH3 is 1. The topological polar surface area (TPSA) is 47.7 Å². The van der Waals surface area contributed by atoms with Crippen molar-refractivity contribution >= 4 is 22.9 Å². The second-order valence-corrected chi connectivity index (χ2v) is 5.20. The number of nitrogens with zero attached hydrogens (tertiary/aromatic N) is 1. The summed E-state index contributed by atoms with van der Waals surface area (Å²) in [6.07, 6.45) is 2.53. The molecular formula is C14H20N2O2S. The van der Waals surface area contributed by atoms with E-state index in [1.165, 1.54) is 0 Å². The lowest BCUT2D eigenvalue weighted by Crippen LogP contribution is -2.30. The van der Waals surface area contributed by atoms with E-state index in [1.54, 1.807) is 7.11 Å². The maximum absolute atomic E-state index is 5.78. The Kier molecular flexibility index (Phi) is 4.61. The Hall–Kier alpha value is -1.33. The van der Waals surface area contributed by atoms with Crippen LogP contribution in [0.25, 0.3) is 0 Å². The van der Waals surface area contributed by atoms with Gasteiger partial charge in [-0.25, -0.2) is 0 Å². The molecule has 2 rings (SSSR count). The fraction of sp³-hybridized carbons (Fsp3) is 0.500. The molecule has 1 aromatic carbocycles. The van der Waals surface area contributed by atoms with Crippen LogP contribution < -0.4 is 15.4 Å². The third-order valence-corrected chi connectivity index (χ3v) is 3.60. The maximum atomic E-state index is 5.78. The molecule has 2 N–H and O–H groups in total. The van der Waals surface area contributed by atoms with Crippen molar-refractivity contribution in [1.29, 1.82) is 0 Å². The number of ether oxygens (including phenoxy) is 2. The van der Waals surface area contributed by atoms with Gasteiger partial charge in [-0.05, 0) is 25.0 Å². The Morgan fingerprint density at radius 3 is 2.95 bits per heavy atom. The minimum atomic E-state index is 0.287. The SMILES string of the molecule is COc1ccc(C(N)=S)c(N(C)CC2CCCO2)c1. The molecular weight excluding hydrogens is 260 g/mol. The van der Waals surface area contributed by atoms with Gasteiger partial charge in [0, 0.05) is 31.8 Å². The molecule has 1 aromatic rings. The van der Waals surface area contributed by atoms with Crippen LogP contribution in [0.5, 0.6) is 5.75 Å². The van der Waals surface area contributed by atoms with Gasteiger partial charge >= 0.3 is 0 Å². The van der Waals surface area contributed by atoms with Crippen LogP contribution in [0, 0.1) is 0 Å². The smallest absolute Gasteiger partial charge is 0.120 e. The third kappa shape index (κ3) is 3.36. The molecule has 0 aliphatic carbocycles. The summed E-state index contributed by atoms with van der Waals surface area (Å²) >= 11 is 5.11. The van der Waals surface area contributed by atoms with Gasteiger partial charge in [-0.1, -0.05) is 12.2 Å². The number of anilines is 1. The van der Waals surface area contributed by atoms with E-state index < -0.39 is 0 Å². The van der Waals surface area contributed by atoms with Crippen LogP contribution in [-0.2, 0) is 4.74 Å². The highest BCUT2D eigenvalue weighted by atomic mass is 32.1. The molecule has 0 radical (unpaired) electrons. The summed E-state index contributed by atoms with van der Waals surface area (Å²) in [6, 6.07) is 5.74. The van der Waals surface area contributed by atoms with Gasteiger partial charge in [0.1, 0.15) is 10.7 Å². The zero-order valence-corrected chi connectivity index (χ0v) is 12.2. The Bertz CT molecular complexity index is 459. The summed E-state index contributed by atoms with van der Waals surface area (Å²) in [5, 5.41) is 0. The average Bonchev–Trinajstić information content (AvgIpc) is 2.90. The van der Waals surface area contributed by atoms with Gasteiger partial charge < -0.3 is 20.1 Å². The number of hydrogen-bond donors (Lipinski definition) is 1. The number of hydrogen-bond acceptors (Lipinski definition) is 4. The first-order valence-corrected chi connectivity index (χ1v) is 6.83. The van der Waals surface area contributed by atoms with E-state index in [2.05, 4.69) is 4.90 Å². The van der Waals surface area contributed by atoms with Crippen LogP contribution in [0.15, 0.2) is 18.2 Å². The summed E-state index contributed by atoms with van der Waals surface area (Å²) in [7, 11) is 3.68. The van der Waals surface area contributed by atoms with Crippen molar-refractivity contribution in [3.05, 3.63) is 23.8 Å². The molecule has 1 aliphatic rings. The van der Waals surface area contributed by atoms with Crippen molar-refractivity contribution in [3.63, 3.8) is 0 Å². The molecule has 19 heavy (non-hydrogen) atoms. The monoisotopic (exact) mass is 280 g/mol. The zero-order valence-electron chi connectivity index (χ0n) is 11.4. The second-order valence-electron chi connectivity index (χ2n) is 4.76. The highest BCUT2D eigenvalue weighted by molar-refractivity contribution is 7.80. The van der Waals surface area contributed by atoms with E-state index in [1.807, 2.05) is 25.2 Å². The summed E-state index contributed by atoms with van der Waals surface area (Å²) in [6.45, 7) is 1.70. The molecule has 5 heteroatoms. The van der Waals surface area contributed by atoms with Crippen molar-refractivity contribution < 1.29 is 9.47 Å². The number of benzene rings is 1. The predicted octanol–water partition coefficient (Wildman–Crippen LogP) is 1.94. The number of thiocarbonyl (C=S) groups is 1. The summed E-state index contributed by atoms with van der Waals surface area (Å²) < 4.78 is 10.9. The predicted molar refractivity (Wildman–Crippen MR) is 81.1 cm³/mol. The molecule has 1 aliphatic heterocycles. The minimum absolute atomic E-state index is 0.287. The van der Waals surface area contributed by atoms with E-state index in [0.29, 0.717) is 4.99 Å². The Morgan fingerprint density at radius 1 is 1.58 bits per heavy atom. The molecule has 1 fully saturated rings. The quantitative estimate of drug-likeness (QED) is 0.835. The number of likely N-dealkylation sites (N-methyl/N-ethyl adjacent to an activating group) is 1. The minimum Gasteiger partial charge on any atom is -0.497 e. The molecule has 1 heterocycles. The van der Waals surface area contributed by atoms with Gasteiger partial charge in [0.2, 0.25) is 0 Å². The fourth-order valence-corrected chi connectivity index (χ4v) is 2.53. The zero-order chi connectivity index (χ0) is 13.8. The number of rotatable bonds is 5. The van der Waals surface area contributed by atoms with Gasteiger partial charge in [0.05, 0.1) is 18.9 Å². The van der Waals surface area contributed by atoms with Crippen molar-refractivity contribution in [1.82, 2.24) is 0 Å². The van der Waals surface area contributed by atoms with Gasteiger partial charge in [-0.3, -0.25) is 0 Å². The molecule has 0 saturated carbocycles. The molecule has 0 spiro atoms. The lowest BCUT2D eigenvalue weighted by atomic mass is 10.1. The maximum Gasteiger partial charge on any atom is 0.120 e. The molecule has 4 nitrogen and oxygen atoms in total. The summed E-state index contributed by atoms with van der Waals surface area (Å²) in [4.78, 5) is 2.53.